The Labute approximate surface area is 107 Å². The fourth-order valence-corrected chi connectivity index (χ4v) is 1.44. The zero-order chi connectivity index (χ0) is 11.7. The highest BCUT2D eigenvalue weighted by atomic mass is 35.5. The Bertz CT molecular complexity index is 173. The molecular formula is C13H27ClO2. The maximum Gasteiger partial charge on any atom is 0.306 e. The van der Waals surface area contributed by atoms with Crippen LogP contribution < -0.4 is 0 Å². The molecule has 2 nitrogen and oxygen atoms in total. The van der Waals surface area contributed by atoms with Crippen LogP contribution in [-0.4, -0.2) is 11.6 Å². The van der Waals surface area contributed by atoms with E-state index in [9.17, 15) is 4.79 Å². The van der Waals surface area contributed by atoms with Crippen LogP contribution in [0.2, 0.25) is 0 Å². The molecule has 0 saturated carbocycles. The van der Waals surface area contributed by atoms with Crippen molar-refractivity contribution in [3.8, 4) is 0 Å². The van der Waals surface area contributed by atoms with Crippen molar-refractivity contribution >= 4 is 18.4 Å². The predicted molar refractivity (Wildman–Crippen MR) is 71.1 cm³/mol. The van der Waals surface area contributed by atoms with Gasteiger partial charge in [-0.2, -0.15) is 0 Å². The maximum absolute atomic E-state index is 11.3. The Balaban J connectivity index is 0. The highest BCUT2D eigenvalue weighted by Crippen LogP contribution is 2.11. The molecule has 0 aromatic rings. The number of halogens is 1. The highest BCUT2D eigenvalue weighted by Gasteiger charge is 2.15. The van der Waals surface area contributed by atoms with Gasteiger partial charge in [-0.3, -0.25) is 4.79 Å². The summed E-state index contributed by atoms with van der Waals surface area (Å²) in [5.74, 6) is -0.0574. The molecule has 0 bridgehead atoms. The lowest BCUT2D eigenvalue weighted by molar-refractivity contribution is -0.154. The third kappa shape index (κ3) is 13.8. The zero-order valence-corrected chi connectivity index (χ0v) is 12.0. The molecule has 0 aliphatic carbocycles. The molecule has 0 unspecified atom stereocenters. The summed E-state index contributed by atoms with van der Waals surface area (Å²) < 4.78 is 5.23. The molecule has 0 aromatic carbocycles. The molecule has 98 valence electrons. The first-order chi connectivity index (χ1) is 6.95. The Morgan fingerprint density at radius 1 is 1.00 bits per heavy atom. The van der Waals surface area contributed by atoms with Crippen molar-refractivity contribution < 1.29 is 9.53 Å². The van der Waals surface area contributed by atoms with Gasteiger partial charge in [0.2, 0.25) is 0 Å². The first kappa shape index (κ1) is 18.1. The Morgan fingerprint density at radius 2 is 1.50 bits per heavy atom. The van der Waals surface area contributed by atoms with E-state index < -0.39 is 0 Å². The van der Waals surface area contributed by atoms with Crippen molar-refractivity contribution in [2.24, 2.45) is 0 Å². The molecule has 0 heterocycles. The van der Waals surface area contributed by atoms with Gasteiger partial charge in [-0.05, 0) is 27.2 Å². The molecule has 16 heavy (non-hydrogen) atoms. The van der Waals surface area contributed by atoms with Crippen molar-refractivity contribution in [3.63, 3.8) is 0 Å². The van der Waals surface area contributed by atoms with Crippen LogP contribution in [0.4, 0.5) is 0 Å². The number of hydrogen-bond acceptors (Lipinski definition) is 2. The van der Waals surface area contributed by atoms with Crippen LogP contribution in [0.5, 0.6) is 0 Å². The van der Waals surface area contributed by atoms with E-state index in [0.29, 0.717) is 6.42 Å². The third-order valence-corrected chi connectivity index (χ3v) is 2.15. The lowest BCUT2D eigenvalue weighted by atomic mass is 10.1. The van der Waals surface area contributed by atoms with Gasteiger partial charge in [0.25, 0.3) is 0 Å². The quantitative estimate of drug-likeness (QED) is 0.491. The molecule has 0 amide bonds. The van der Waals surface area contributed by atoms with E-state index in [4.69, 9.17) is 4.74 Å². The van der Waals surface area contributed by atoms with Crippen LogP contribution in [-0.2, 0) is 9.53 Å². The van der Waals surface area contributed by atoms with E-state index in [1.165, 1.54) is 25.7 Å². The minimum absolute atomic E-state index is 0. The average Bonchev–Trinajstić information content (AvgIpc) is 2.08. The third-order valence-electron chi connectivity index (χ3n) is 2.15. The summed E-state index contributed by atoms with van der Waals surface area (Å²) in [4.78, 5) is 11.3. The summed E-state index contributed by atoms with van der Waals surface area (Å²) in [5, 5.41) is 0. The van der Waals surface area contributed by atoms with E-state index in [-0.39, 0.29) is 24.0 Å². The summed E-state index contributed by atoms with van der Waals surface area (Å²) in [6.07, 6.45) is 7.82. The summed E-state index contributed by atoms with van der Waals surface area (Å²) >= 11 is 0. The van der Waals surface area contributed by atoms with E-state index in [1.54, 1.807) is 0 Å². The van der Waals surface area contributed by atoms with Crippen LogP contribution in [0.1, 0.15) is 72.6 Å². The molecule has 0 saturated heterocycles. The number of ether oxygens (including phenoxy) is 1. The van der Waals surface area contributed by atoms with E-state index in [1.807, 2.05) is 20.8 Å². The average molecular weight is 251 g/mol. The van der Waals surface area contributed by atoms with Gasteiger partial charge in [0.15, 0.2) is 0 Å². The van der Waals surface area contributed by atoms with E-state index in [2.05, 4.69) is 6.92 Å². The Kier molecular flexibility index (Phi) is 11.3. The first-order valence-corrected chi connectivity index (χ1v) is 6.17. The molecule has 0 rings (SSSR count). The summed E-state index contributed by atoms with van der Waals surface area (Å²) in [7, 11) is 0. The van der Waals surface area contributed by atoms with Gasteiger partial charge < -0.3 is 4.74 Å². The van der Waals surface area contributed by atoms with Crippen molar-refractivity contribution in [2.75, 3.05) is 0 Å². The summed E-state index contributed by atoms with van der Waals surface area (Å²) in [5.41, 5.74) is -0.334. The fraction of sp³-hybridized carbons (Fsp3) is 0.923. The van der Waals surface area contributed by atoms with Crippen LogP contribution in [0.3, 0.4) is 0 Å². The predicted octanol–water partition coefficient (Wildman–Crippen LogP) is 4.50. The van der Waals surface area contributed by atoms with Gasteiger partial charge in [-0.1, -0.05) is 39.0 Å². The molecule has 0 aromatic heterocycles. The topological polar surface area (TPSA) is 26.3 Å². The van der Waals surface area contributed by atoms with Gasteiger partial charge in [0.1, 0.15) is 5.60 Å². The molecule has 0 aliphatic heterocycles. The Hall–Kier alpha value is -0.240. The molecule has 0 fully saturated rings. The smallest absolute Gasteiger partial charge is 0.306 e. The number of unbranched alkanes of at least 4 members (excludes halogenated alkanes) is 5. The van der Waals surface area contributed by atoms with Crippen LogP contribution >= 0.6 is 12.4 Å². The highest BCUT2D eigenvalue weighted by molar-refractivity contribution is 5.85. The maximum atomic E-state index is 11.3. The number of esters is 1. The van der Waals surface area contributed by atoms with Gasteiger partial charge in [0.05, 0.1) is 0 Å². The normalized spacial score (nSPS) is 10.8. The second-order valence-corrected chi connectivity index (χ2v) is 5.10. The van der Waals surface area contributed by atoms with Crippen molar-refractivity contribution in [2.45, 2.75) is 78.2 Å². The van der Waals surface area contributed by atoms with Crippen LogP contribution in [0, 0.1) is 0 Å². The summed E-state index contributed by atoms with van der Waals surface area (Å²) in [6, 6.07) is 0. The minimum Gasteiger partial charge on any atom is -0.460 e. The molecule has 0 radical (unpaired) electrons. The number of hydrogen-bond donors (Lipinski definition) is 0. The zero-order valence-electron chi connectivity index (χ0n) is 11.2. The molecule has 0 spiro atoms. The van der Waals surface area contributed by atoms with Crippen LogP contribution in [0.25, 0.3) is 0 Å². The SMILES string of the molecule is CCCCCCCCC(=O)OC(C)(C)C.Cl. The number of carbonyl (C=O) groups excluding carboxylic acids is 1. The number of rotatable bonds is 7. The second kappa shape index (κ2) is 9.95. The lowest BCUT2D eigenvalue weighted by Crippen LogP contribution is -2.23. The van der Waals surface area contributed by atoms with Gasteiger partial charge in [0, 0.05) is 6.42 Å². The molecule has 3 heteroatoms. The molecule has 0 N–H and O–H groups in total. The molecule has 0 atom stereocenters. The second-order valence-electron chi connectivity index (χ2n) is 5.10. The van der Waals surface area contributed by atoms with E-state index in [0.717, 1.165) is 12.8 Å². The van der Waals surface area contributed by atoms with Crippen molar-refractivity contribution in [3.05, 3.63) is 0 Å². The largest absolute Gasteiger partial charge is 0.460 e. The summed E-state index contributed by atoms with van der Waals surface area (Å²) in [6.45, 7) is 7.94. The van der Waals surface area contributed by atoms with Gasteiger partial charge >= 0.3 is 5.97 Å². The first-order valence-electron chi connectivity index (χ1n) is 6.17. The standard InChI is InChI=1S/C13H26O2.ClH/c1-5-6-7-8-9-10-11-12(14)15-13(2,3)4;/h5-11H2,1-4H3;1H. The Morgan fingerprint density at radius 3 is 2.00 bits per heavy atom. The van der Waals surface area contributed by atoms with Crippen molar-refractivity contribution in [1.29, 1.82) is 0 Å². The van der Waals surface area contributed by atoms with E-state index >= 15 is 0 Å². The van der Waals surface area contributed by atoms with Gasteiger partial charge in [-0.15, -0.1) is 12.4 Å². The van der Waals surface area contributed by atoms with Crippen molar-refractivity contribution in [1.82, 2.24) is 0 Å². The van der Waals surface area contributed by atoms with Crippen LogP contribution in [0.15, 0.2) is 0 Å². The minimum atomic E-state index is -0.334. The van der Waals surface area contributed by atoms with Gasteiger partial charge in [-0.25, -0.2) is 0 Å². The monoisotopic (exact) mass is 250 g/mol. The molecular weight excluding hydrogens is 224 g/mol. The fourth-order valence-electron chi connectivity index (χ4n) is 1.44. The lowest BCUT2D eigenvalue weighted by Gasteiger charge is -2.19. The number of carbonyl (C=O) groups is 1. The molecule has 0 aliphatic rings.